The molecule has 1 aromatic heterocycles. The number of esters is 1. The van der Waals surface area contributed by atoms with Crippen LogP contribution in [0.3, 0.4) is 0 Å². The smallest absolute Gasteiger partial charge is 0.348 e. The van der Waals surface area contributed by atoms with Crippen LogP contribution in [0.2, 0.25) is 0 Å². The molecule has 0 atom stereocenters. The highest BCUT2D eigenvalue weighted by atomic mass is 32.1. The topological polar surface area (TPSA) is 46.5 Å². The fourth-order valence-electron chi connectivity index (χ4n) is 1.04. The van der Waals surface area contributed by atoms with E-state index in [0.717, 1.165) is 0 Å². The lowest BCUT2D eigenvalue weighted by Crippen LogP contribution is -2.18. The quantitative estimate of drug-likeness (QED) is 0.740. The molecule has 0 amide bonds. The maximum atomic E-state index is 11.2. The molecule has 1 aromatic rings. The van der Waals surface area contributed by atoms with E-state index in [2.05, 4.69) is 4.74 Å². The van der Waals surface area contributed by atoms with E-state index in [4.69, 9.17) is 0 Å². The summed E-state index contributed by atoms with van der Waals surface area (Å²) < 4.78 is 4.59. The molecule has 0 fully saturated rings. The minimum atomic E-state index is -0.997. The number of rotatable bonds is 2. The van der Waals surface area contributed by atoms with Crippen LogP contribution in [-0.4, -0.2) is 18.2 Å². The van der Waals surface area contributed by atoms with Crippen molar-refractivity contribution in [3.8, 4) is 0 Å². The summed E-state index contributed by atoms with van der Waals surface area (Å²) in [6.45, 7) is 3.28. The minimum absolute atomic E-state index is 0.396. The van der Waals surface area contributed by atoms with Gasteiger partial charge in [-0.25, -0.2) is 4.79 Å². The molecule has 0 saturated carbocycles. The summed E-state index contributed by atoms with van der Waals surface area (Å²) in [4.78, 5) is 11.7. The predicted octanol–water partition coefficient (Wildman–Crippen LogP) is 1.76. The Morgan fingerprint density at radius 3 is 2.69 bits per heavy atom. The van der Waals surface area contributed by atoms with Crippen LogP contribution in [0.4, 0.5) is 0 Å². The Morgan fingerprint density at radius 1 is 1.62 bits per heavy atom. The van der Waals surface area contributed by atoms with Crippen LogP contribution in [0.25, 0.3) is 0 Å². The fraction of sp³-hybridized carbons (Fsp3) is 0.444. The van der Waals surface area contributed by atoms with Crippen LogP contribution in [-0.2, 0) is 10.3 Å². The van der Waals surface area contributed by atoms with Crippen LogP contribution in [0, 0.1) is 0 Å². The Morgan fingerprint density at radius 2 is 2.23 bits per heavy atom. The number of hydrogen-bond donors (Lipinski definition) is 1. The van der Waals surface area contributed by atoms with E-state index < -0.39 is 11.6 Å². The van der Waals surface area contributed by atoms with E-state index in [1.807, 2.05) is 0 Å². The molecule has 3 nitrogen and oxygen atoms in total. The van der Waals surface area contributed by atoms with E-state index in [9.17, 15) is 9.90 Å². The first-order valence-corrected chi connectivity index (χ1v) is 4.73. The molecule has 0 aliphatic carbocycles. The zero-order valence-electron chi connectivity index (χ0n) is 7.83. The highest BCUT2D eigenvalue weighted by Crippen LogP contribution is 2.28. The molecule has 1 rings (SSSR count). The first kappa shape index (κ1) is 10.2. The number of carbonyl (C=O) groups is 1. The molecule has 0 bridgehead atoms. The van der Waals surface area contributed by atoms with Gasteiger partial charge in [-0.2, -0.15) is 0 Å². The maximum Gasteiger partial charge on any atom is 0.348 e. The summed E-state index contributed by atoms with van der Waals surface area (Å²) in [5.74, 6) is -0.396. The molecule has 0 aliphatic heterocycles. The van der Waals surface area contributed by atoms with Gasteiger partial charge >= 0.3 is 5.97 Å². The van der Waals surface area contributed by atoms with Crippen molar-refractivity contribution in [2.24, 2.45) is 0 Å². The molecule has 0 unspecified atom stereocenters. The molecule has 1 heterocycles. The van der Waals surface area contributed by atoms with Crippen molar-refractivity contribution in [2.45, 2.75) is 19.4 Å². The lowest BCUT2D eigenvalue weighted by Gasteiger charge is -2.16. The highest BCUT2D eigenvalue weighted by Gasteiger charge is 2.24. The number of thiophene rings is 1. The van der Waals surface area contributed by atoms with Gasteiger partial charge in [-0.1, -0.05) is 0 Å². The Balaban J connectivity index is 3.10. The van der Waals surface area contributed by atoms with E-state index in [-0.39, 0.29) is 0 Å². The number of hydrogen-bond acceptors (Lipinski definition) is 4. The molecular weight excluding hydrogens is 188 g/mol. The second-order valence-corrected chi connectivity index (χ2v) is 4.13. The van der Waals surface area contributed by atoms with E-state index >= 15 is 0 Å². The lowest BCUT2D eigenvalue weighted by atomic mass is 9.99. The van der Waals surface area contributed by atoms with Crippen molar-refractivity contribution < 1.29 is 14.6 Å². The zero-order valence-corrected chi connectivity index (χ0v) is 8.64. The molecule has 4 heteroatoms. The molecule has 0 aliphatic rings. The zero-order chi connectivity index (χ0) is 10.1. The summed E-state index contributed by atoms with van der Waals surface area (Å²) in [6, 6.07) is 1.73. The van der Waals surface area contributed by atoms with Gasteiger partial charge in [0.25, 0.3) is 0 Å². The molecule has 72 valence electrons. The molecule has 1 N–H and O–H groups in total. The van der Waals surface area contributed by atoms with Gasteiger partial charge < -0.3 is 9.84 Å². The lowest BCUT2D eigenvalue weighted by molar-refractivity contribution is 0.0563. The maximum absolute atomic E-state index is 11.2. The van der Waals surface area contributed by atoms with Crippen molar-refractivity contribution in [3.63, 3.8) is 0 Å². The third kappa shape index (κ3) is 2.08. The van der Waals surface area contributed by atoms with Gasteiger partial charge in [0.2, 0.25) is 0 Å². The monoisotopic (exact) mass is 200 g/mol. The van der Waals surface area contributed by atoms with Crippen molar-refractivity contribution >= 4 is 17.3 Å². The molecular formula is C9H12O3S. The third-order valence-electron chi connectivity index (χ3n) is 1.70. The Hall–Kier alpha value is -0.870. The van der Waals surface area contributed by atoms with Crippen LogP contribution in [0.15, 0.2) is 11.4 Å². The van der Waals surface area contributed by atoms with Gasteiger partial charge in [-0.15, -0.1) is 11.3 Å². The van der Waals surface area contributed by atoms with Gasteiger partial charge in [0.1, 0.15) is 4.88 Å². The van der Waals surface area contributed by atoms with Crippen LogP contribution < -0.4 is 0 Å². The SMILES string of the molecule is COC(=O)c1sccc1C(C)(C)O. The molecule has 0 spiro atoms. The normalized spacial score (nSPS) is 11.4. The minimum Gasteiger partial charge on any atom is -0.465 e. The first-order valence-electron chi connectivity index (χ1n) is 3.85. The Bertz CT molecular complexity index is 309. The van der Waals surface area contributed by atoms with Crippen molar-refractivity contribution in [2.75, 3.05) is 7.11 Å². The first-order chi connectivity index (χ1) is 5.96. The second-order valence-electron chi connectivity index (χ2n) is 3.21. The second kappa shape index (κ2) is 3.47. The molecule has 0 aromatic carbocycles. The molecule has 0 saturated heterocycles. The fourth-order valence-corrected chi connectivity index (χ4v) is 2.01. The summed E-state index contributed by atoms with van der Waals surface area (Å²) in [5, 5.41) is 11.5. The van der Waals surface area contributed by atoms with Gasteiger partial charge in [-0.3, -0.25) is 0 Å². The number of ether oxygens (including phenoxy) is 1. The van der Waals surface area contributed by atoms with Crippen molar-refractivity contribution in [1.29, 1.82) is 0 Å². The number of carbonyl (C=O) groups excluding carboxylic acids is 1. The highest BCUT2D eigenvalue weighted by molar-refractivity contribution is 7.12. The standard InChI is InChI=1S/C9H12O3S/c1-9(2,11)6-4-5-13-7(6)8(10)12-3/h4-5,11H,1-3H3. The summed E-state index contributed by atoms with van der Waals surface area (Å²) >= 11 is 1.27. The summed E-state index contributed by atoms with van der Waals surface area (Å²) in [6.07, 6.45) is 0. The van der Waals surface area contributed by atoms with E-state index in [0.29, 0.717) is 10.4 Å². The van der Waals surface area contributed by atoms with Gasteiger partial charge in [0.15, 0.2) is 0 Å². The Labute approximate surface area is 81.0 Å². The molecule has 13 heavy (non-hydrogen) atoms. The van der Waals surface area contributed by atoms with E-state index in [1.165, 1.54) is 18.4 Å². The van der Waals surface area contributed by atoms with Crippen molar-refractivity contribution in [3.05, 3.63) is 21.9 Å². The summed E-state index contributed by atoms with van der Waals surface area (Å²) in [7, 11) is 1.33. The van der Waals surface area contributed by atoms with E-state index in [1.54, 1.807) is 25.3 Å². The van der Waals surface area contributed by atoms with Gasteiger partial charge in [0, 0.05) is 5.56 Å². The number of aliphatic hydroxyl groups is 1. The Kier molecular flexibility index (Phi) is 2.73. The van der Waals surface area contributed by atoms with Gasteiger partial charge in [0.05, 0.1) is 12.7 Å². The molecule has 0 radical (unpaired) electrons. The van der Waals surface area contributed by atoms with Crippen LogP contribution in [0.1, 0.15) is 29.1 Å². The largest absolute Gasteiger partial charge is 0.465 e. The summed E-state index contributed by atoms with van der Waals surface area (Å²) in [5.41, 5.74) is -0.381. The average Bonchev–Trinajstić information content (AvgIpc) is 2.49. The average molecular weight is 200 g/mol. The third-order valence-corrected chi connectivity index (χ3v) is 2.59. The predicted molar refractivity (Wildman–Crippen MR) is 50.9 cm³/mol. The van der Waals surface area contributed by atoms with Crippen LogP contribution >= 0.6 is 11.3 Å². The van der Waals surface area contributed by atoms with Crippen LogP contribution in [0.5, 0.6) is 0 Å². The number of methoxy groups -OCH3 is 1. The van der Waals surface area contributed by atoms with Crippen molar-refractivity contribution in [1.82, 2.24) is 0 Å². The van der Waals surface area contributed by atoms with Gasteiger partial charge in [-0.05, 0) is 25.3 Å².